The van der Waals surface area contributed by atoms with Crippen LogP contribution in [0.15, 0.2) is 21.7 Å². The van der Waals surface area contributed by atoms with Crippen LogP contribution in [0.25, 0.3) is 11.2 Å². The molecule has 0 bridgehead atoms. The Balaban J connectivity index is 2.25. The number of hydrogen-bond acceptors (Lipinski definition) is 5. The number of imidazole rings is 1. The zero-order valence-corrected chi connectivity index (χ0v) is 12.8. The quantitative estimate of drug-likeness (QED) is 0.740. The summed E-state index contributed by atoms with van der Waals surface area (Å²) in [7, 11) is 1.62. The first-order valence-corrected chi connectivity index (χ1v) is 7.40. The third-order valence-electron chi connectivity index (χ3n) is 3.91. The number of aryl methyl sites for hydroxylation is 1. The molecule has 2 aromatic heterocycles. The lowest BCUT2D eigenvalue weighted by atomic mass is 10.4. The monoisotopic (exact) mass is 304 g/mol. The van der Waals surface area contributed by atoms with E-state index in [2.05, 4.69) is 20.2 Å². The van der Waals surface area contributed by atoms with Gasteiger partial charge in [0.1, 0.15) is 0 Å². The van der Waals surface area contributed by atoms with Crippen molar-refractivity contribution in [2.24, 2.45) is 7.05 Å². The van der Waals surface area contributed by atoms with E-state index in [4.69, 9.17) is 0 Å². The highest BCUT2D eigenvalue weighted by molar-refractivity contribution is 5.74. The molecular weight excluding hydrogens is 284 g/mol. The molecule has 0 aromatic carbocycles. The molecule has 0 aliphatic carbocycles. The molecule has 2 aromatic rings. The number of fused-ring (bicyclic) bond motifs is 1. The van der Waals surface area contributed by atoms with Crippen LogP contribution in [0.4, 0.5) is 5.95 Å². The van der Waals surface area contributed by atoms with Crippen LogP contribution in [-0.4, -0.2) is 45.3 Å². The molecule has 1 aliphatic heterocycles. The van der Waals surface area contributed by atoms with E-state index in [9.17, 15) is 9.59 Å². The topological polar surface area (TPSA) is 88.0 Å². The van der Waals surface area contributed by atoms with Crippen LogP contribution in [0.3, 0.4) is 0 Å². The molecule has 3 heterocycles. The molecule has 0 spiro atoms. The van der Waals surface area contributed by atoms with Crippen LogP contribution in [0, 0.1) is 0 Å². The van der Waals surface area contributed by atoms with Crippen molar-refractivity contribution in [3.63, 3.8) is 0 Å². The van der Waals surface area contributed by atoms with E-state index in [0.29, 0.717) is 17.7 Å². The van der Waals surface area contributed by atoms with Gasteiger partial charge in [-0.05, 0) is 6.92 Å². The van der Waals surface area contributed by atoms with Crippen LogP contribution in [0.1, 0.15) is 6.92 Å². The van der Waals surface area contributed by atoms with Crippen molar-refractivity contribution in [3.8, 4) is 0 Å². The van der Waals surface area contributed by atoms with Gasteiger partial charge in [0.25, 0.3) is 5.56 Å². The SMILES string of the molecule is CC=CCn1c(N2CCNCC2)nc2c1c(=O)[nH]c(=O)n2C. The maximum atomic E-state index is 12.2. The van der Waals surface area contributed by atoms with Gasteiger partial charge >= 0.3 is 5.69 Å². The summed E-state index contributed by atoms with van der Waals surface area (Å²) in [5.74, 6) is 0.737. The van der Waals surface area contributed by atoms with Crippen LogP contribution < -0.4 is 21.5 Å². The molecule has 1 fully saturated rings. The van der Waals surface area contributed by atoms with Crippen LogP contribution in [0.2, 0.25) is 0 Å². The van der Waals surface area contributed by atoms with E-state index in [1.54, 1.807) is 7.05 Å². The number of rotatable bonds is 3. The molecule has 3 rings (SSSR count). The Morgan fingerprint density at radius 2 is 2.00 bits per heavy atom. The van der Waals surface area contributed by atoms with E-state index in [1.807, 2.05) is 23.6 Å². The molecule has 0 amide bonds. The van der Waals surface area contributed by atoms with E-state index in [0.717, 1.165) is 32.1 Å². The lowest BCUT2D eigenvalue weighted by Crippen LogP contribution is -2.44. The largest absolute Gasteiger partial charge is 0.340 e. The summed E-state index contributed by atoms with van der Waals surface area (Å²) in [5.41, 5.74) is 0.0250. The molecule has 0 saturated carbocycles. The fourth-order valence-corrected chi connectivity index (χ4v) is 2.71. The number of piperazine rings is 1. The molecule has 2 N–H and O–H groups in total. The van der Waals surface area contributed by atoms with Gasteiger partial charge in [-0.2, -0.15) is 4.98 Å². The zero-order valence-electron chi connectivity index (χ0n) is 12.8. The molecule has 1 saturated heterocycles. The number of allylic oxidation sites excluding steroid dienone is 2. The summed E-state index contributed by atoms with van der Waals surface area (Å²) in [6.45, 7) is 5.89. The molecule has 22 heavy (non-hydrogen) atoms. The summed E-state index contributed by atoms with van der Waals surface area (Å²) < 4.78 is 3.26. The van der Waals surface area contributed by atoms with E-state index < -0.39 is 11.2 Å². The van der Waals surface area contributed by atoms with Gasteiger partial charge in [-0.25, -0.2) is 4.79 Å². The summed E-state index contributed by atoms with van der Waals surface area (Å²) in [5, 5.41) is 3.30. The highest BCUT2D eigenvalue weighted by Crippen LogP contribution is 2.19. The Labute approximate surface area is 127 Å². The van der Waals surface area contributed by atoms with Crippen LogP contribution >= 0.6 is 0 Å². The molecule has 8 nitrogen and oxygen atoms in total. The summed E-state index contributed by atoms with van der Waals surface area (Å²) in [6.07, 6.45) is 3.90. The van der Waals surface area contributed by atoms with E-state index in [1.165, 1.54) is 4.57 Å². The third kappa shape index (κ3) is 2.35. The van der Waals surface area contributed by atoms with E-state index >= 15 is 0 Å². The maximum Gasteiger partial charge on any atom is 0.329 e. The lowest BCUT2D eigenvalue weighted by molar-refractivity contribution is 0.572. The van der Waals surface area contributed by atoms with Crippen LogP contribution in [-0.2, 0) is 13.6 Å². The second-order valence-corrected chi connectivity index (χ2v) is 5.32. The molecule has 0 unspecified atom stereocenters. The van der Waals surface area contributed by atoms with Crippen molar-refractivity contribution in [2.75, 3.05) is 31.1 Å². The first kappa shape index (κ1) is 14.6. The van der Waals surface area contributed by atoms with Crippen molar-refractivity contribution in [1.82, 2.24) is 24.4 Å². The van der Waals surface area contributed by atoms with Crippen molar-refractivity contribution in [1.29, 1.82) is 0 Å². The summed E-state index contributed by atoms with van der Waals surface area (Å²) >= 11 is 0. The van der Waals surface area contributed by atoms with E-state index in [-0.39, 0.29) is 0 Å². The van der Waals surface area contributed by atoms with Gasteiger partial charge in [0, 0.05) is 39.8 Å². The highest BCUT2D eigenvalue weighted by atomic mass is 16.2. The predicted molar refractivity (Wildman–Crippen MR) is 85.5 cm³/mol. The Morgan fingerprint density at radius 1 is 1.27 bits per heavy atom. The number of anilines is 1. The molecule has 118 valence electrons. The lowest BCUT2D eigenvalue weighted by Gasteiger charge is -2.28. The minimum absolute atomic E-state index is 0.392. The fourth-order valence-electron chi connectivity index (χ4n) is 2.71. The molecule has 8 heteroatoms. The van der Waals surface area contributed by atoms with Crippen molar-refractivity contribution in [3.05, 3.63) is 33.0 Å². The van der Waals surface area contributed by atoms with Gasteiger partial charge in [0.2, 0.25) is 5.95 Å². The number of nitrogens with one attached hydrogen (secondary N) is 2. The predicted octanol–water partition coefficient (Wildman–Crippen LogP) is -0.591. The average Bonchev–Trinajstić information content (AvgIpc) is 2.91. The Hall–Kier alpha value is -2.35. The fraction of sp³-hybridized carbons (Fsp3) is 0.500. The van der Waals surface area contributed by atoms with Crippen molar-refractivity contribution in [2.45, 2.75) is 13.5 Å². The summed E-state index contributed by atoms with van der Waals surface area (Å²) in [6, 6.07) is 0. The number of aromatic amines is 1. The molecule has 0 radical (unpaired) electrons. The standard InChI is InChI=1S/C14H20N6O2/c1-3-4-7-20-10-11(18(2)14(22)17-12(10)21)16-13(20)19-8-5-15-6-9-19/h3-4,15H,5-9H2,1-2H3,(H,17,21,22). The van der Waals surface area contributed by atoms with Crippen molar-refractivity contribution >= 4 is 17.1 Å². The number of hydrogen-bond donors (Lipinski definition) is 2. The Kier molecular flexibility index (Phi) is 3.84. The van der Waals surface area contributed by atoms with Gasteiger partial charge < -0.3 is 14.8 Å². The molecule has 1 aliphatic rings. The van der Waals surface area contributed by atoms with Gasteiger partial charge in [-0.1, -0.05) is 12.2 Å². The van der Waals surface area contributed by atoms with Crippen molar-refractivity contribution < 1.29 is 0 Å². The van der Waals surface area contributed by atoms with Crippen LogP contribution in [0.5, 0.6) is 0 Å². The van der Waals surface area contributed by atoms with Gasteiger partial charge in [0.15, 0.2) is 11.2 Å². The normalized spacial score (nSPS) is 16.0. The number of aromatic nitrogens is 4. The summed E-state index contributed by atoms with van der Waals surface area (Å²) in [4.78, 5) is 33.1. The van der Waals surface area contributed by atoms with Gasteiger partial charge in [-0.3, -0.25) is 14.3 Å². The maximum absolute atomic E-state index is 12.2. The number of nitrogens with zero attached hydrogens (tertiary/aromatic N) is 4. The minimum atomic E-state index is -0.444. The van der Waals surface area contributed by atoms with Gasteiger partial charge in [-0.15, -0.1) is 0 Å². The average molecular weight is 304 g/mol. The molecular formula is C14H20N6O2. The molecule has 0 atom stereocenters. The smallest absolute Gasteiger partial charge is 0.329 e. The van der Waals surface area contributed by atoms with Gasteiger partial charge in [0.05, 0.1) is 0 Å². The second kappa shape index (κ2) is 5.80. The Morgan fingerprint density at radius 3 is 2.68 bits per heavy atom. The third-order valence-corrected chi connectivity index (χ3v) is 3.91. The Bertz CT molecular complexity index is 822. The minimum Gasteiger partial charge on any atom is -0.340 e. The first-order chi connectivity index (χ1) is 10.6. The second-order valence-electron chi connectivity index (χ2n) is 5.32. The first-order valence-electron chi connectivity index (χ1n) is 7.40. The zero-order chi connectivity index (χ0) is 15.7. The highest BCUT2D eigenvalue weighted by Gasteiger charge is 2.21. The number of H-pyrrole nitrogens is 1.